The van der Waals surface area contributed by atoms with E-state index in [0.717, 1.165) is 17.8 Å². The molecule has 114 valence electrons. The lowest BCUT2D eigenvalue weighted by Gasteiger charge is -2.20. The van der Waals surface area contributed by atoms with Crippen LogP contribution in [0.15, 0.2) is 18.2 Å². The highest BCUT2D eigenvalue weighted by Gasteiger charge is 2.25. The second kappa shape index (κ2) is 6.35. The predicted octanol–water partition coefficient (Wildman–Crippen LogP) is 3.36. The standard InChI is InChI=1S/C16H21F2N3/c1-5-11-9-13(21(6-2)20-11)16(19-4)14-12(17)8-7-10(3)15(14)18/h7-9,16,19H,5-6H2,1-4H3. The predicted molar refractivity (Wildman–Crippen MR) is 79.3 cm³/mol. The Kier molecular flexibility index (Phi) is 4.73. The molecule has 0 aliphatic carbocycles. The highest BCUT2D eigenvalue weighted by molar-refractivity contribution is 5.35. The highest BCUT2D eigenvalue weighted by Crippen LogP contribution is 2.29. The van der Waals surface area contributed by atoms with Crippen LogP contribution in [-0.4, -0.2) is 16.8 Å². The number of halogens is 2. The molecule has 1 N–H and O–H groups in total. The zero-order valence-corrected chi connectivity index (χ0v) is 12.9. The molecule has 1 unspecified atom stereocenters. The van der Waals surface area contributed by atoms with Crippen molar-refractivity contribution in [3.63, 3.8) is 0 Å². The Morgan fingerprint density at radius 3 is 2.57 bits per heavy atom. The molecular formula is C16H21F2N3. The fourth-order valence-electron chi connectivity index (χ4n) is 2.53. The first-order chi connectivity index (χ1) is 10.0. The van der Waals surface area contributed by atoms with E-state index in [9.17, 15) is 8.78 Å². The maximum absolute atomic E-state index is 14.4. The van der Waals surface area contributed by atoms with Gasteiger partial charge in [0.25, 0.3) is 0 Å². The van der Waals surface area contributed by atoms with Crippen molar-refractivity contribution >= 4 is 0 Å². The van der Waals surface area contributed by atoms with E-state index in [2.05, 4.69) is 10.4 Å². The molecule has 0 aliphatic rings. The molecule has 0 saturated carbocycles. The van der Waals surface area contributed by atoms with Gasteiger partial charge in [0.2, 0.25) is 0 Å². The summed E-state index contributed by atoms with van der Waals surface area (Å²) in [7, 11) is 1.70. The van der Waals surface area contributed by atoms with Crippen molar-refractivity contribution < 1.29 is 8.78 Å². The Morgan fingerprint density at radius 1 is 1.29 bits per heavy atom. The Morgan fingerprint density at radius 2 is 2.00 bits per heavy atom. The zero-order valence-electron chi connectivity index (χ0n) is 12.9. The Labute approximate surface area is 124 Å². The van der Waals surface area contributed by atoms with Gasteiger partial charge in [0.15, 0.2) is 0 Å². The van der Waals surface area contributed by atoms with Gasteiger partial charge in [-0.25, -0.2) is 8.78 Å². The Balaban J connectivity index is 2.60. The van der Waals surface area contributed by atoms with Gasteiger partial charge in [-0.3, -0.25) is 4.68 Å². The van der Waals surface area contributed by atoms with Crippen LogP contribution in [0.2, 0.25) is 0 Å². The van der Waals surface area contributed by atoms with Crippen LogP contribution < -0.4 is 5.32 Å². The second-order valence-electron chi connectivity index (χ2n) is 5.04. The Hall–Kier alpha value is -1.75. The first kappa shape index (κ1) is 15.6. The van der Waals surface area contributed by atoms with Crippen molar-refractivity contribution in [2.24, 2.45) is 0 Å². The van der Waals surface area contributed by atoms with E-state index in [1.165, 1.54) is 12.1 Å². The van der Waals surface area contributed by atoms with E-state index in [-0.39, 0.29) is 5.56 Å². The lowest BCUT2D eigenvalue weighted by molar-refractivity contribution is 0.493. The third-order valence-corrected chi connectivity index (χ3v) is 3.72. The topological polar surface area (TPSA) is 29.9 Å². The Bertz CT molecular complexity index is 635. The summed E-state index contributed by atoms with van der Waals surface area (Å²) >= 11 is 0. The first-order valence-electron chi connectivity index (χ1n) is 7.21. The molecule has 0 spiro atoms. The van der Waals surface area contributed by atoms with E-state index >= 15 is 0 Å². The van der Waals surface area contributed by atoms with Crippen molar-refractivity contribution in [3.8, 4) is 0 Å². The normalized spacial score (nSPS) is 12.7. The van der Waals surface area contributed by atoms with Gasteiger partial charge in [-0.05, 0) is 45.0 Å². The quantitative estimate of drug-likeness (QED) is 0.916. The number of aryl methyl sites for hydroxylation is 3. The van der Waals surface area contributed by atoms with Gasteiger partial charge in [-0.2, -0.15) is 5.10 Å². The monoisotopic (exact) mass is 293 g/mol. The van der Waals surface area contributed by atoms with Gasteiger partial charge in [0.1, 0.15) is 11.6 Å². The van der Waals surface area contributed by atoms with Crippen molar-refractivity contribution in [2.75, 3.05) is 7.05 Å². The van der Waals surface area contributed by atoms with Crippen LogP contribution in [0.1, 0.15) is 42.4 Å². The fourth-order valence-corrected chi connectivity index (χ4v) is 2.53. The highest BCUT2D eigenvalue weighted by atomic mass is 19.1. The van der Waals surface area contributed by atoms with Crippen LogP contribution in [-0.2, 0) is 13.0 Å². The molecule has 0 radical (unpaired) electrons. The minimum Gasteiger partial charge on any atom is -0.308 e. The minimum atomic E-state index is -0.558. The molecule has 3 nitrogen and oxygen atoms in total. The molecule has 1 atom stereocenters. The number of rotatable bonds is 5. The van der Waals surface area contributed by atoms with Crippen LogP contribution in [0.25, 0.3) is 0 Å². The summed E-state index contributed by atoms with van der Waals surface area (Å²) in [6, 6.07) is 4.12. The summed E-state index contributed by atoms with van der Waals surface area (Å²) in [6.07, 6.45) is 0.787. The van der Waals surface area contributed by atoms with Crippen LogP contribution in [0, 0.1) is 18.6 Å². The van der Waals surface area contributed by atoms with Crippen molar-refractivity contribution in [1.82, 2.24) is 15.1 Å². The van der Waals surface area contributed by atoms with Gasteiger partial charge in [-0.1, -0.05) is 13.0 Å². The van der Waals surface area contributed by atoms with Gasteiger partial charge < -0.3 is 5.32 Å². The van der Waals surface area contributed by atoms with Gasteiger partial charge in [0.05, 0.1) is 17.4 Å². The number of nitrogens with zero attached hydrogens (tertiary/aromatic N) is 2. The van der Waals surface area contributed by atoms with Crippen LogP contribution in [0.3, 0.4) is 0 Å². The van der Waals surface area contributed by atoms with Crippen LogP contribution in [0.5, 0.6) is 0 Å². The number of hydrogen-bond donors (Lipinski definition) is 1. The molecule has 1 aromatic carbocycles. The lowest BCUT2D eigenvalue weighted by Crippen LogP contribution is -2.24. The third kappa shape index (κ3) is 2.83. The summed E-state index contributed by atoms with van der Waals surface area (Å²) in [4.78, 5) is 0. The molecule has 0 aliphatic heterocycles. The lowest BCUT2D eigenvalue weighted by atomic mass is 9.99. The molecule has 1 aromatic heterocycles. The fraction of sp³-hybridized carbons (Fsp3) is 0.438. The number of hydrogen-bond acceptors (Lipinski definition) is 2. The van der Waals surface area contributed by atoms with Crippen LogP contribution >= 0.6 is 0 Å². The second-order valence-corrected chi connectivity index (χ2v) is 5.04. The maximum atomic E-state index is 14.4. The van der Waals surface area contributed by atoms with Crippen molar-refractivity contribution in [1.29, 1.82) is 0 Å². The largest absolute Gasteiger partial charge is 0.308 e. The van der Waals surface area contributed by atoms with E-state index < -0.39 is 17.7 Å². The molecule has 0 saturated heterocycles. The summed E-state index contributed by atoms with van der Waals surface area (Å²) in [5.74, 6) is -1.05. The van der Waals surface area contributed by atoms with E-state index in [1.54, 1.807) is 18.7 Å². The maximum Gasteiger partial charge on any atom is 0.134 e. The van der Waals surface area contributed by atoms with E-state index in [0.29, 0.717) is 12.1 Å². The van der Waals surface area contributed by atoms with Crippen molar-refractivity contribution in [2.45, 2.75) is 39.8 Å². The summed E-state index contributed by atoms with van der Waals surface area (Å²) in [5, 5.41) is 7.47. The molecule has 0 bridgehead atoms. The molecule has 21 heavy (non-hydrogen) atoms. The summed E-state index contributed by atoms with van der Waals surface area (Å²) in [6.45, 7) is 6.27. The van der Waals surface area contributed by atoms with Gasteiger partial charge in [0, 0.05) is 12.1 Å². The minimum absolute atomic E-state index is 0.0507. The third-order valence-electron chi connectivity index (χ3n) is 3.72. The van der Waals surface area contributed by atoms with Gasteiger partial charge >= 0.3 is 0 Å². The molecule has 0 fully saturated rings. The van der Waals surface area contributed by atoms with E-state index in [1.807, 2.05) is 19.9 Å². The first-order valence-corrected chi connectivity index (χ1v) is 7.21. The summed E-state index contributed by atoms with van der Waals surface area (Å²) in [5.41, 5.74) is 2.18. The molecule has 2 rings (SSSR count). The molecule has 5 heteroatoms. The van der Waals surface area contributed by atoms with Crippen molar-refractivity contribution in [3.05, 3.63) is 52.3 Å². The SMILES string of the molecule is CCc1cc(C(NC)c2c(F)ccc(C)c2F)n(CC)n1. The zero-order chi connectivity index (χ0) is 15.6. The average Bonchev–Trinajstić information content (AvgIpc) is 2.90. The molecule has 2 aromatic rings. The molecule has 0 amide bonds. The number of nitrogens with one attached hydrogen (secondary N) is 1. The smallest absolute Gasteiger partial charge is 0.134 e. The summed E-state index contributed by atoms with van der Waals surface area (Å²) < 4.78 is 30.4. The number of benzene rings is 1. The van der Waals surface area contributed by atoms with Gasteiger partial charge in [-0.15, -0.1) is 0 Å². The van der Waals surface area contributed by atoms with E-state index in [4.69, 9.17) is 0 Å². The van der Waals surface area contributed by atoms with Crippen LogP contribution in [0.4, 0.5) is 8.78 Å². The molecule has 1 heterocycles. The molecular weight excluding hydrogens is 272 g/mol. The average molecular weight is 293 g/mol. The number of aromatic nitrogens is 2.